The minimum Gasteiger partial charge on any atom is -0.459 e. The molecule has 2 atom stereocenters. The van der Waals surface area contributed by atoms with Crippen molar-refractivity contribution in [2.75, 3.05) is 13.2 Å². The molecule has 1 aromatic rings. The van der Waals surface area contributed by atoms with Crippen LogP contribution in [0.5, 0.6) is 0 Å². The highest BCUT2D eigenvalue weighted by Crippen LogP contribution is 2.34. The zero-order valence-corrected chi connectivity index (χ0v) is 16.0. The second kappa shape index (κ2) is 10.1. The number of rotatable bonds is 8. The number of aliphatic hydroxyl groups excluding tert-OH is 1. The number of ether oxygens (including phenoxy) is 2. The largest absolute Gasteiger partial charge is 0.459 e. The van der Waals surface area contributed by atoms with Gasteiger partial charge in [0.05, 0.1) is 6.61 Å². The quantitative estimate of drug-likeness (QED) is 0.676. The lowest BCUT2D eigenvalue weighted by Crippen LogP contribution is -2.39. The minimum absolute atomic E-state index is 0.123. The van der Waals surface area contributed by atoms with Gasteiger partial charge in [0.15, 0.2) is 5.76 Å². The third kappa shape index (κ3) is 5.56. The number of amides is 1. The normalized spacial score (nSPS) is 24.0. The summed E-state index contributed by atoms with van der Waals surface area (Å²) in [6.45, 7) is 0.696. The van der Waals surface area contributed by atoms with Gasteiger partial charge in [-0.2, -0.15) is 0 Å². The van der Waals surface area contributed by atoms with Gasteiger partial charge in [0.25, 0.3) is 5.91 Å². The molecule has 2 N–H and O–H groups in total. The van der Waals surface area contributed by atoms with Crippen molar-refractivity contribution in [2.24, 2.45) is 0 Å². The van der Waals surface area contributed by atoms with Gasteiger partial charge in [-0.3, -0.25) is 4.79 Å². The van der Waals surface area contributed by atoms with Gasteiger partial charge in [0.2, 0.25) is 6.29 Å². The van der Waals surface area contributed by atoms with Crippen molar-refractivity contribution in [3.63, 3.8) is 0 Å². The van der Waals surface area contributed by atoms with Gasteiger partial charge in [-0.25, -0.2) is 0 Å². The third-order valence-electron chi connectivity index (χ3n) is 4.99. The monoisotopic (exact) mass is 379 g/mol. The first kappa shape index (κ1) is 19.4. The summed E-state index contributed by atoms with van der Waals surface area (Å²) in [6, 6.07) is 4.38. The number of hydrogen-bond donors (Lipinski definition) is 2. The fourth-order valence-electron chi connectivity index (χ4n) is 3.55. The van der Waals surface area contributed by atoms with Crippen LogP contribution in [0.15, 0.2) is 29.3 Å². The molecule has 0 bridgehead atoms. The molecule has 0 unspecified atom stereocenters. The van der Waals surface area contributed by atoms with E-state index in [1.165, 1.54) is 24.1 Å². The number of carbonyl (C=O) groups excluding carboxylic acids is 1. The molecule has 144 valence electrons. The Labute approximate surface area is 159 Å². The number of allylic oxidation sites excluding steroid dienone is 1. The Kier molecular flexibility index (Phi) is 7.53. The topological polar surface area (TPSA) is 67.8 Å². The Hall–Kier alpha value is -1.37. The van der Waals surface area contributed by atoms with Crippen LogP contribution < -0.4 is 5.32 Å². The number of thiophene rings is 1. The number of unbranched alkanes of at least 4 members (excludes halogenated alkanes) is 1. The average molecular weight is 380 g/mol. The molecular weight excluding hydrogens is 350 g/mol. The summed E-state index contributed by atoms with van der Waals surface area (Å²) in [5.74, 6) is 0.396. The van der Waals surface area contributed by atoms with Gasteiger partial charge in [0, 0.05) is 29.9 Å². The molecule has 1 saturated carbocycles. The summed E-state index contributed by atoms with van der Waals surface area (Å²) >= 11 is 1.69. The predicted molar refractivity (Wildman–Crippen MR) is 102 cm³/mol. The summed E-state index contributed by atoms with van der Waals surface area (Å²) < 4.78 is 11.7. The van der Waals surface area contributed by atoms with Crippen molar-refractivity contribution in [2.45, 2.75) is 69.6 Å². The maximum absolute atomic E-state index is 12.7. The highest BCUT2D eigenvalue weighted by molar-refractivity contribution is 7.10. The molecule has 3 rings (SSSR count). The van der Waals surface area contributed by atoms with Crippen LogP contribution >= 0.6 is 11.3 Å². The molecule has 0 aromatic carbocycles. The lowest BCUT2D eigenvalue weighted by Gasteiger charge is -2.30. The van der Waals surface area contributed by atoms with Crippen LogP contribution in [0.1, 0.15) is 62.2 Å². The Morgan fingerprint density at radius 3 is 2.88 bits per heavy atom. The minimum atomic E-state index is -0.419. The van der Waals surface area contributed by atoms with Gasteiger partial charge in [-0.1, -0.05) is 25.3 Å². The van der Waals surface area contributed by atoms with Crippen molar-refractivity contribution in [3.8, 4) is 0 Å². The Bertz CT molecular complexity index is 581. The number of nitrogens with one attached hydrogen (secondary N) is 1. The molecule has 1 aromatic heterocycles. The highest BCUT2D eigenvalue weighted by Gasteiger charge is 2.30. The first-order valence-electron chi connectivity index (χ1n) is 9.71. The van der Waals surface area contributed by atoms with E-state index < -0.39 is 6.29 Å². The van der Waals surface area contributed by atoms with Gasteiger partial charge in [0.1, 0.15) is 0 Å². The molecule has 0 spiro atoms. The predicted octanol–water partition coefficient (Wildman–Crippen LogP) is 3.70. The molecule has 2 heterocycles. The molecule has 1 amide bonds. The zero-order chi connectivity index (χ0) is 18.2. The molecule has 2 aliphatic rings. The number of aliphatic hydroxyl groups is 1. The fraction of sp³-hybridized carbons (Fsp3) is 0.650. The van der Waals surface area contributed by atoms with Crippen LogP contribution in [0.25, 0.3) is 0 Å². The molecule has 1 aliphatic heterocycles. The number of carbonyl (C=O) groups is 1. The van der Waals surface area contributed by atoms with Gasteiger partial charge in [-0.15, -0.1) is 11.3 Å². The molecule has 5 nitrogen and oxygen atoms in total. The Balaban J connectivity index is 1.63. The third-order valence-corrected chi connectivity index (χ3v) is 5.99. The summed E-state index contributed by atoms with van der Waals surface area (Å²) in [7, 11) is 0. The van der Waals surface area contributed by atoms with E-state index in [1.54, 1.807) is 11.3 Å². The lowest BCUT2D eigenvalue weighted by atomic mass is 9.95. The van der Waals surface area contributed by atoms with Crippen LogP contribution in [0.2, 0.25) is 0 Å². The van der Waals surface area contributed by atoms with E-state index in [2.05, 4.69) is 16.8 Å². The molecule has 26 heavy (non-hydrogen) atoms. The summed E-state index contributed by atoms with van der Waals surface area (Å²) in [6.07, 6.45) is 9.45. The standard InChI is InChI=1S/C20H29NO4S/c22-10-4-5-11-24-19-14-15(18-9-6-12-26-18)13-17(25-19)20(23)21-16-7-2-1-3-8-16/h6,9,12-13,15-16,19,22H,1-5,7-8,10-11,14H2,(H,21,23)/t15-,19+/m0/s1. The SMILES string of the molecule is O=C(NC1CCCCC1)C1=C[C@H](c2cccs2)C[C@H](OCCCCO)O1. The number of hydrogen-bond acceptors (Lipinski definition) is 5. The smallest absolute Gasteiger partial charge is 0.286 e. The van der Waals surface area contributed by atoms with Crippen molar-refractivity contribution in [1.82, 2.24) is 5.32 Å². The second-order valence-electron chi connectivity index (χ2n) is 7.05. The average Bonchev–Trinajstić information content (AvgIpc) is 3.21. The van der Waals surface area contributed by atoms with Crippen LogP contribution in [0, 0.1) is 0 Å². The first-order valence-corrected chi connectivity index (χ1v) is 10.6. The highest BCUT2D eigenvalue weighted by atomic mass is 32.1. The van der Waals surface area contributed by atoms with E-state index in [1.807, 2.05) is 12.1 Å². The van der Waals surface area contributed by atoms with E-state index >= 15 is 0 Å². The first-order chi connectivity index (χ1) is 12.8. The second-order valence-corrected chi connectivity index (χ2v) is 8.03. The maximum Gasteiger partial charge on any atom is 0.286 e. The summed E-state index contributed by atoms with van der Waals surface area (Å²) in [5, 5.41) is 14.1. The molecule has 1 aliphatic carbocycles. The van der Waals surface area contributed by atoms with E-state index in [-0.39, 0.29) is 24.5 Å². The Morgan fingerprint density at radius 2 is 2.15 bits per heavy atom. The van der Waals surface area contributed by atoms with Crippen molar-refractivity contribution in [3.05, 3.63) is 34.2 Å². The van der Waals surface area contributed by atoms with Gasteiger partial charge < -0.3 is 19.9 Å². The van der Waals surface area contributed by atoms with Crippen molar-refractivity contribution in [1.29, 1.82) is 0 Å². The molecular formula is C20H29NO4S. The van der Waals surface area contributed by atoms with Crippen LogP contribution in [-0.4, -0.2) is 36.6 Å². The molecule has 6 heteroatoms. The fourth-order valence-corrected chi connectivity index (χ4v) is 4.36. The van der Waals surface area contributed by atoms with Gasteiger partial charge >= 0.3 is 0 Å². The maximum atomic E-state index is 12.7. The van der Waals surface area contributed by atoms with Crippen LogP contribution in [0.4, 0.5) is 0 Å². The van der Waals surface area contributed by atoms with Crippen LogP contribution in [-0.2, 0) is 14.3 Å². The summed E-state index contributed by atoms with van der Waals surface area (Å²) in [4.78, 5) is 13.9. The van der Waals surface area contributed by atoms with E-state index in [0.29, 0.717) is 25.2 Å². The van der Waals surface area contributed by atoms with Crippen molar-refractivity contribution < 1.29 is 19.4 Å². The Morgan fingerprint density at radius 1 is 1.31 bits per heavy atom. The van der Waals surface area contributed by atoms with Gasteiger partial charge in [-0.05, 0) is 43.2 Å². The van der Waals surface area contributed by atoms with E-state index in [4.69, 9.17) is 14.6 Å². The zero-order valence-electron chi connectivity index (χ0n) is 15.2. The molecule has 0 saturated heterocycles. The van der Waals surface area contributed by atoms with Crippen molar-refractivity contribution >= 4 is 17.2 Å². The van der Waals surface area contributed by atoms with E-state index in [9.17, 15) is 4.79 Å². The van der Waals surface area contributed by atoms with Crippen LogP contribution in [0.3, 0.4) is 0 Å². The molecule has 1 fully saturated rings. The molecule has 0 radical (unpaired) electrons. The van der Waals surface area contributed by atoms with E-state index in [0.717, 1.165) is 19.3 Å². The lowest BCUT2D eigenvalue weighted by molar-refractivity contribution is -0.147. The summed E-state index contributed by atoms with van der Waals surface area (Å²) in [5.41, 5.74) is 0.